The molecule has 0 bridgehead atoms. The van der Waals surface area contributed by atoms with Gasteiger partial charge in [-0.25, -0.2) is 0 Å². The summed E-state index contributed by atoms with van der Waals surface area (Å²) in [6, 6.07) is 2.91. The summed E-state index contributed by atoms with van der Waals surface area (Å²) in [6.07, 6.45) is 1.77. The Hall–Kier alpha value is -1.10. The Bertz CT molecular complexity index is 526. The van der Waals surface area contributed by atoms with Crippen LogP contribution in [-0.2, 0) is 4.74 Å². The molecule has 6 heteroatoms. The molecule has 0 radical (unpaired) electrons. The third-order valence-electron chi connectivity index (χ3n) is 3.42. The highest BCUT2D eigenvalue weighted by atomic mass is 35.5. The number of carbonyl (C=O) groups excluding carboxylic acids is 2. The second-order valence-electron chi connectivity index (χ2n) is 4.67. The molecule has 2 aliphatic heterocycles. The van der Waals surface area contributed by atoms with Crippen LogP contribution in [0.5, 0.6) is 0 Å². The van der Waals surface area contributed by atoms with Gasteiger partial charge in [-0.15, -0.1) is 0 Å². The van der Waals surface area contributed by atoms with Gasteiger partial charge in [0.05, 0.1) is 33.8 Å². The summed E-state index contributed by atoms with van der Waals surface area (Å²) in [6.45, 7) is 0.979. The molecule has 0 N–H and O–H groups in total. The second-order valence-corrected chi connectivity index (χ2v) is 5.48. The predicted octanol–water partition coefficient (Wildman–Crippen LogP) is 2.77. The number of halogens is 2. The normalized spacial score (nSPS) is 22.2. The molecular formula is C13H11Cl2NO3. The number of rotatable bonds is 2. The maximum absolute atomic E-state index is 12.2. The van der Waals surface area contributed by atoms with E-state index >= 15 is 0 Å². The van der Waals surface area contributed by atoms with Gasteiger partial charge >= 0.3 is 0 Å². The van der Waals surface area contributed by atoms with Gasteiger partial charge in [0, 0.05) is 6.61 Å². The maximum atomic E-state index is 12.2. The van der Waals surface area contributed by atoms with Gasteiger partial charge < -0.3 is 4.74 Å². The summed E-state index contributed by atoms with van der Waals surface area (Å²) >= 11 is 11.8. The number of ether oxygens (including phenoxy) is 1. The van der Waals surface area contributed by atoms with Crippen molar-refractivity contribution in [3.05, 3.63) is 33.3 Å². The molecule has 1 aromatic carbocycles. The monoisotopic (exact) mass is 299 g/mol. The van der Waals surface area contributed by atoms with E-state index in [4.69, 9.17) is 27.9 Å². The summed E-state index contributed by atoms with van der Waals surface area (Å²) in [5.74, 6) is -0.650. The van der Waals surface area contributed by atoms with E-state index in [9.17, 15) is 9.59 Å². The highest BCUT2D eigenvalue weighted by molar-refractivity contribution is 6.43. The topological polar surface area (TPSA) is 46.6 Å². The number of hydrogen-bond acceptors (Lipinski definition) is 3. The number of imide groups is 1. The highest BCUT2D eigenvalue weighted by Gasteiger charge is 2.38. The quantitative estimate of drug-likeness (QED) is 0.789. The fraction of sp³-hybridized carbons (Fsp3) is 0.385. The predicted molar refractivity (Wildman–Crippen MR) is 70.8 cm³/mol. The Kier molecular flexibility index (Phi) is 3.25. The number of carbonyl (C=O) groups is 2. The Morgan fingerprint density at radius 2 is 1.74 bits per heavy atom. The number of nitrogens with zero attached hydrogens (tertiary/aromatic N) is 1. The first kappa shape index (κ1) is 12.9. The average Bonchev–Trinajstić information content (AvgIpc) is 2.96. The summed E-state index contributed by atoms with van der Waals surface area (Å²) in [4.78, 5) is 25.6. The minimum Gasteiger partial charge on any atom is -0.376 e. The molecule has 2 amide bonds. The van der Waals surface area contributed by atoms with E-state index < -0.39 is 0 Å². The van der Waals surface area contributed by atoms with Crippen LogP contribution in [0, 0.1) is 0 Å². The summed E-state index contributed by atoms with van der Waals surface area (Å²) in [5, 5.41) is 0.557. The molecule has 0 saturated carbocycles. The minimum atomic E-state index is -0.325. The van der Waals surface area contributed by atoms with Crippen LogP contribution < -0.4 is 0 Å². The van der Waals surface area contributed by atoms with Gasteiger partial charge in [-0.05, 0) is 25.0 Å². The lowest BCUT2D eigenvalue weighted by molar-refractivity contribution is 0.0475. The van der Waals surface area contributed by atoms with Crippen molar-refractivity contribution in [2.45, 2.75) is 18.9 Å². The highest BCUT2D eigenvalue weighted by Crippen LogP contribution is 2.32. The van der Waals surface area contributed by atoms with E-state index in [1.54, 1.807) is 0 Å². The number of benzene rings is 1. The Morgan fingerprint density at radius 1 is 1.16 bits per heavy atom. The number of amides is 2. The van der Waals surface area contributed by atoms with Gasteiger partial charge in [0.15, 0.2) is 0 Å². The molecule has 3 rings (SSSR count). The van der Waals surface area contributed by atoms with Crippen molar-refractivity contribution in [1.82, 2.24) is 4.90 Å². The Labute approximate surface area is 120 Å². The molecule has 0 unspecified atom stereocenters. The Balaban J connectivity index is 1.90. The summed E-state index contributed by atoms with van der Waals surface area (Å²) < 4.78 is 5.46. The molecule has 1 fully saturated rings. The standard InChI is InChI=1S/C13H11Cl2NO3/c14-10-4-8-9(5-11(10)15)13(18)16(12(8)17)6-7-2-1-3-19-7/h4-5,7H,1-3,6H2/t7-/m0/s1. The van der Waals surface area contributed by atoms with E-state index in [1.165, 1.54) is 17.0 Å². The molecule has 2 aliphatic rings. The lowest BCUT2D eigenvalue weighted by Crippen LogP contribution is -2.36. The van der Waals surface area contributed by atoms with E-state index in [-0.39, 0.29) is 28.0 Å². The molecular weight excluding hydrogens is 289 g/mol. The molecule has 1 aromatic rings. The van der Waals surface area contributed by atoms with Crippen LogP contribution in [0.15, 0.2) is 12.1 Å². The van der Waals surface area contributed by atoms with Gasteiger partial charge in [-0.1, -0.05) is 23.2 Å². The third-order valence-corrected chi connectivity index (χ3v) is 4.14. The lowest BCUT2D eigenvalue weighted by atomic mass is 10.1. The molecule has 1 atom stereocenters. The van der Waals surface area contributed by atoms with Crippen LogP contribution in [0.2, 0.25) is 10.0 Å². The molecule has 100 valence electrons. The van der Waals surface area contributed by atoms with Gasteiger partial charge in [-0.2, -0.15) is 0 Å². The van der Waals surface area contributed by atoms with E-state index in [0.29, 0.717) is 24.3 Å². The molecule has 1 saturated heterocycles. The average molecular weight is 300 g/mol. The zero-order valence-electron chi connectivity index (χ0n) is 9.99. The van der Waals surface area contributed by atoms with E-state index in [2.05, 4.69) is 0 Å². The van der Waals surface area contributed by atoms with Crippen LogP contribution in [0.25, 0.3) is 0 Å². The fourth-order valence-electron chi connectivity index (χ4n) is 2.44. The second kappa shape index (κ2) is 4.78. The van der Waals surface area contributed by atoms with Crippen molar-refractivity contribution in [2.75, 3.05) is 13.2 Å². The SMILES string of the molecule is O=C1c2cc(Cl)c(Cl)cc2C(=O)N1C[C@@H]1CCCO1. The molecule has 4 nitrogen and oxygen atoms in total. The van der Waals surface area contributed by atoms with Gasteiger partial charge in [0.2, 0.25) is 0 Å². The third kappa shape index (κ3) is 2.14. The number of hydrogen-bond donors (Lipinski definition) is 0. The largest absolute Gasteiger partial charge is 0.376 e. The summed E-state index contributed by atoms with van der Waals surface area (Å²) in [5.41, 5.74) is 0.634. The van der Waals surface area contributed by atoms with Gasteiger partial charge in [0.25, 0.3) is 11.8 Å². The van der Waals surface area contributed by atoms with Crippen molar-refractivity contribution in [3.8, 4) is 0 Å². The first-order chi connectivity index (χ1) is 9.08. The molecule has 19 heavy (non-hydrogen) atoms. The van der Waals surface area contributed by atoms with Crippen molar-refractivity contribution in [3.63, 3.8) is 0 Å². The molecule has 0 aliphatic carbocycles. The van der Waals surface area contributed by atoms with E-state index in [1.807, 2.05) is 0 Å². The van der Waals surface area contributed by atoms with Crippen LogP contribution in [0.1, 0.15) is 33.6 Å². The lowest BCUT2D eigenvalue weighted by Gasteiger charge is -2.17. The van der Waals surface area contributed by atoms with Crippen molar-refractivity contribution in [2.24, 2.45) is 0 Å². The number of fused-ring (bicyclic) bond motifs is 1. The molecule has 0 aromatic heterocycles. The Morgan fingerprint density at radius 3 is 2.21 bits per heavy atom. The molecule has 0 spiro atoms. The zero-order valence-corrected chi connectivity index (χ0v) is 11.5. The zero-order chi connectivity index (χ0) is 13.6. The van der Waals surface area contributed by atoms with Crippen LogP contribution >= 0.6 is 23.2 Å². The van der Waals surface area contributed by atoms with Gasteiger partial charge in [-0.3, -0.25) is 14.5 Å². The summed E-state index contributed by atoms with van der Waals surface area (Å²) in [7, 11) is 0. The fourth-order valence-corrected chi connectivity index (χ4v) is 2.77. The smallest absolute Gasteiger partial charge is 0.261 e. The minimum absolute atomic E-state index is 0.0619. The first-order valence-electron chi connectivity index (χ1n) is 6.05. The van der Waals surface area contributed by atoms with Gasteiger partial charge in [0.1, 0.15) is 0 Å². The van der Waals surface area contributed by atoms with Crippen LogP contribution in [-0.4, -0.2) is 36.0 Å². The van der Waals surface area contributed by atoms with Crippen molar-refractivity contribution < 1.29 is 14.3 Å². The first-order valence-corrected chi connectivity index (χ1v) is 6.80. The van der Waals surface area contributed by atoms with E-state index in [0.717, 1.165) is 12.8 Å². The maximum Gasteiger partial charge on any atom is 0.261 e. The van der Waals surface area contributed by atoms with Crippen molar-refractivity contribution in [1.29, 1.82) is 0 Å². The van der Waals surface area contributed by atoms with Crippen LogP contribution in [0.3, 0.4) is 0 Å². The van der Waals surface area contributed by atoms with Crippen molar-refractivity contribution >= 4 is 35.0 Å². The van der Waals surface area contributed by atoms with Crippen LogP contribution in [0.4, 0.5) is 0 Å². The molecule has 2 heterocycles.